The molecule has 0 saturated carbocycles. The quantitative estimate of drug-likeness (QED) is 0.920. The molecule has 2 heterocycles. The van der Waals surface area contributed by atoms with E-state index < -0.39 is 0 Å². The summed E-state index contributed by atoms with van der Waals surface area (Å²) in [6.07, 6.45) is 0. The van der Waals surface area contributed by atoms with E-state index in [9.17, 15) is 0 Å². The fourth-order valence-corrected chi connectivity index (χ4v) is 4.13. The summed E-state index contributed by atoms with van der Waals surface area (Å²) < 4.78 is 1.21. The number of nitrogens with zero attached hydrogens (tertiary/aromatic N) is 2. The summed E-state index contributed by atoms with van der Waals surface area (Å²) >= 11 is 5.40. The molecule has 0 spiro atoms. The zero-order valence-corrected chi connectivity index (χ0v) is 13.0. The van der Waals surface area contributed by atoms with Gasteiger partial charge in [-0.25, -0.2) is 0 Å². The molecule has 2 atom stereocenters. The van der Waals surface area contributed by atoms with Gasteiger partial charge >= 0.3 is 0 Å². The molecule has 5 heteroatoms. The summed E-state index contributed by atoms with van der Waals surface area (Å²) in [7, 11) is 6.56. The first-order chi connectivity index (χ1) is 8.09. The van der Waals surface area contributed by atoms with Crippen molar-refractivity contribution in [3.63, 3.8) is 0 Å². The number of halogens is 1. The average molecular weight is 318 g/mol. The summed E-state index contributed by atoms with van der Waals surface area (Å²) in [5.41, 5.74) is 0. The van der Waals surface area contributed by atoms with E-state index in [1.807, 2.05) is 11.3 Å². The van der Waals surface area contributed by atoms with Crippen molar-refractivity contribution in [2.75, 3.05) is 40.8 Å². The molecule has 0 aliphatic carbocycles. The normalized spacial score (nSPS) is 24.2. The highest BCUT2D eigenvalue weighted by molar-refractivity contribution is 9.11. The van der Waals surface area contributed by atoms with Gasteiger partial charge in [0, 0.05) is 30.6 Å². The number of likely N-dealkylation sites (N-methyl/N-ethyl adjacent to an activating group) is 2. The second kappa shape index (κ2) is 5.80. The number of thiophene rings is 1. The van der Waals surface area contributed by atoms with E-state index in [0.717, 1.165) is 19.6 Å². The molecule has 17 heavy (non-hydrogen) atoms. The second-order valence-electron chi connectivity index (χ2n) is 4.80. The SMILES string of the molecule is CN(C)C(c1ccc(Br)s1)C1CNCCN1C. The van der Waals surface area contributed by atoms with Crippen LogP contribution in [0.4, 0.5) is 0 Å². The van der Waals surface area contributed by atoms with Gasteiger partial charge in [-0.2, -0.15) is 0 Å². The Bertz CT molecular complexity index is 366. The van der Waals surface area contributed by atoms with Crippen LogP contribution in [0, 0.1) is 0 Å². The van der Waals surface area contributed by atoms with Gasteiger partial charge in [0.25, 0.3) is 0 Å². The first kappa shape index (κ1) is 13.5. The topological polar surface area (TPSA) is 18.5 Å². The molecule has 2 unspecified atom stereocenters. The third kappa shape index (κ3) is 3.09. The van der Waals surface area contributed by atoms with Gasteiger partial charge in [-0.1, -0.05) is 0 Å². The lowest BCUT2D eigenvalue weighted by molar-refractivity contribution is 0.109. The molecule has 1 aliphatic rings. The minimum Gasteiger partial charge on any atom is -0.314 e. The van der Waals surface area contributed by atoms with Gasteiger partial charge in [-0.05, 0) is 49.2 Å². The van der Waals surface area contributed by atoms with Crippen molar-refractivity contribution < 1.29 is 0 Å². The Labute approximate surface area is 116 Å². The van der Waals surface area contributed by atoms with Gasteiger partial charge in [0.1, 0.15) is 0 Å². The van der Waals surface area contributed by atoms with Crippen molar-refractivity contribution in [2.24, 2.45) is 0 Å². The van der Waals surface area contributed by atoms with Crippen LogP contribution < -0.4 is 5.32 Å². The van der Waals surface area contributed by atoms with E-state index in [1.165, 1.54) is 8.66 Å². The van der Waals surface area contributed by atoms with Crippen LogP contribution in [0.25, 0.3) is 0 Å². The molecule has 3 nitrogen and oxygen atoms in total. The molecule has 1 aliphatic heterocycles. The van der Waals surface area contributed by atoms with Crippen LogP contribution in [0.3, 0.4) is 0 Å². The van der Waals surface area contributed by atoms with Crippen LogP contribution in [-0.4, -0.2) is 56.6 Å². The summed E-state index contributed by atoms with van der Waals surface area (Å²) in [5.74, 6) is 0. The first-order valence-corrected chi connectivity index (χ1v) is 7.53. The standard InChI is InChI=1S/C12H20BrN3S/c1-15(2)12(10-4-5-11(13)17-10)9-8-14-6-7-16(9)3/h4-5,9,12,14H,6-8H2,1-3H3. The maximum atomic E-state index is 3.56. The van der Waals surface area contributed by atoms with Crippen molar-refractivity contribution in [1.82, 2.24) is 15.1 Å². The monoisotopic (exact) mass is 317 g/mol. The van der Waals surface area contributed by atoms with Crippen molar-refractivity contribution >= 4 is 27.3 Å². The van der Waals surface area contributed by atoms with E-state index in [-0.39, 0.29) is 0 Å². The number of piperazine rings is 1. The van der Waals surface area contributed by atoms with Crippen molar-refractivity contribution in [3.8, 4) is 0 Å². The smallest absolute Gasteiger partial charge is 0.0702 e. The largest absolute Gasteiger partial charge is 0.314 e. The van der Waals surface area contributed by atoms with Gasteiger partial charge in [0.15, 0.2) is 0 Å². The van der Waals surface area contributed by atoms with Gasteiger partial charge < -0.3 is 10.2 Å². The minimum atomic E-state index is 0.462. The zero-order valence-electron chi connectivity index (χ0n) is 10.6. The highest BCUT2D eigenvalue weighted by Crippen LogP contribution is 2.33. The molecule has 1 fully saturated rings. The van der Waals surface area contributed by atoms with Gasteiger partial charge in [0.2, 0.25) is 0 Å². The summed E-state index contributed by atoms with van der Waals surface area (Å²) in [6.45, 7) is 3.29. The number of nitrogens with one attached hydrogen (secondary N) is 1. The molecule has 0 radical (unpaired) electrons. The fourth-order valence-electron chi connectivity index (χ4n) is 2.46. The fraction of sp³-hybridized carbons (Fsp3) is 0.667. The third-order valence-corrected chi connectivity index (χ3v) is 5.06. The third-order valence-electron chi connectivity index (χ3n) is 3.37. The molecule has 1 saturated heterocycles. The molecular formula is C12H20BrN3S. The lowest BCUT2D eigenvalue weighted by Crippen LogP contribution is -2.54. The van der Waals surface area contributed by atoms with Crippen molar-refractivity contribution in [3.05, 3.63) is 20.8 Å². The van der Waals surface area contributed by atoms with Crippen LogP contribution in [0.5, 0.6) is 0 Å². The molecule has 0 aromatic carbocycles. The molecule has 96 valence electrons. The predicted octanol–water partition coefficient (Wildman–Crippen LogP) is 2.02. The average Bonchev–Trinajstić information content (AvgIpc) is 2.68. The van der Waals surface area contributed by atoms with E-state index in [4.69, 9.17) is 0 Å². The lowest BCUT2D eigenvalue weighted by atomic mass is 10.0. The Hall–Kier alpha value is 0.0600. The van der Waals surface area contributed by atoms with Crippen LogP contribution in [0.2, 0.25) is 0 Å². The van der Waals surface area contributed by atoms with Crippen LogP contribution in [0.1, 0.15) is 10.9 Å². The highest BCUT2D eigenvalue weighted by atomic mass is 79.9. The Balaban J connectivity index is 2.22. The van der Waals surface area contributed by atoms with E-state index in [0.29, 0.717) is 12.1 Å². The van der Waals surface area contributed by atoms with Gasteiger partial charge in [-0.15, -0.1) is 11.3 Å². The summed E-state index contributed by atoms with van der Waals surface area (Å²) in [5, 5.41) is 3.50. The maximum absolute atomic E-state index is 3.56. The molecule has 1 N–H and O–H groups in total. The number of hydrogen-bond donors (Lipinski definition) is 1. The molecular weight excluding hydrogens is 298 g/mol. The number of hydrogen-bond acceptors (Lipinski definition) is 4. The van der Waals surface area contributed by atoms with E-state index >= 15 is 0 Å². The first-order valence-electron chi connectivity index (χ1n) is 5.92. The Morgan fingerprint density at radius 1 is 1.53 bits per heavy atom. The Morgan fingerprint density at radius 2 is 2.29 bits per heavy atom. The molecule has 1 aromatic rings. The van der Waals surface area contributed by atoms with E-state index in [1.54, 1.807) is 0 Å². The molecule has 1 aromatic heterocycles. The van der Waals surface area contributed by atoms with Crippen LogP contribution >= 0.6 is 27.3 Å². The van der Waals surface area contributed by atoms with Crippen molar-refractivity contribution in [1.29, 1.82) is 0 Å². The number of rotatable bonds is 3. The Morgan fingerprint density at radius 3 is 2.82 bits per heavy atom. The molecule has 2 rings (SSSR count). The predicted molar refractivity (Wildman–Crippen MR) is 77.7 cm³/mol. The Kier molecular flexibility index (Phi) is 4.60. The summed E-state index contributed by atoms with van der Waals surface area (Å²) in [6, 6.07) is 5.39. The molecule has 0 amide bonds. The van der Waals surface area contributed by atoms with E-state index in [2.05, 4.69) is 64.3 Å². The maximum Gasteiger partial charge on any atom is 0.0702 e. The highest BCUT2D eigenvalue weighted by Gasteiger charge is 2.31. The van der Waals surface area contributed by atoms with Gasteiger partial charge in [0.05, 0.1) is 9.83 Å². The molecule has 0 bridgehead atoms. The van der Waals surface area contributed by atoms with Crippen LogP contribution in [0.15, 0.2) is 15.9 Å². The summed E-state index contributed by atoms with van der Waals surface area (Å²) in [4.78, 5) is 6.23. The van der Waals surface area contributed by atoms with Crippen LogP contribution in [-0.2, 0) is 0 Å². The second-order valence-corrected chi connectivity index (χ2v) is 7.30. The van der Waals surface area contributed by atoms with Gasteiger partial charge in [-0.3, -0.25) is 4.90 Å². The minimum absolute atomic E-state index is 0.462. The lowest BCUT2D eigenvalue weighted by Gasteiger charge is -2.40. The van der Waals surface area contributed by atoms with Crippen molar-refractivity contribution in [2.45, 2.75) is 12.1 Å². The zero-order chi connectivity index (χ0) is 12.4.